The van der Waals surface area contributed by atoms with E-state index in [4.69, 9.17) is 0 Å². The second kappa shape index (κ2) is 22.4. The maximum absolute atomic E-state index is 13.0. The van der Waals surface area contributed by atoms with Gasteiger partial charge in [-0.15, -0.1) is 0 Å². The normalized spacial score (nSPS) is 13.9. The summed E-state index contributed by atoms with van der Waals surface area (Å²) in [6.07, 6.45) is -0.792. The van der Waals surface area contributed by atoms with E-state index in [-0.39, 0.29) is 111 Å². The Labute approximate surface area is 276 Å². The summed E-state index contributed by atoms with van der Waals surface area (Å²) in [5.41, 5.74) is 0. The molecule has 0 aliphatic carbocycles. The molecule has 0 saturated heterocycles. The Morgan fingerprint density at radius 1 is 0.362 bits per heavy atom. The Kier molecular flexibility index (Phi) is 20.5. The van der Waals surface area contributed by atoms with Crippen LogP contribution in [-0.2, 0) is 47.9 Å². The van der Waals surface area contributed by atoms with Crippen molar-refractivity contribution in [2.45, 2.75) is 143 Å². The largest absolute Gasteiger partial charge is 0.353 e. The number of rotatable bonds is 25. The lowest BCUT2D eigenvalue weighted by Gasteiger charge is -2.23. The van der Waals surface area contributed by atoms with E-state index in [1.165, 1.54) is 41.5 Å². The third-order valence-electron chi connectivity index (χ3n) is 6.91. The maximum atomic E-state index is 13.0. The highest BCUT2D eigenvalue weighted by molar-refractivity contribution is 5.87. The molecule has 0 heterocycles. The van der Waals surface area contributed by atoms with Gasteiger partial charge in [-0.25, -0.2) is 0 Å². The average Bonchev–Trinajstić information content (AvgIpc) is 2.84. The molecule has 0 aromatic heterocycles. The quantitative estimate of drug-likeness (QED) is 0.110. The molecule has 4 N–H and O–H groups in total. The number of nitrogens with one attached hydrogen (secondary N) is 4. The predicted octanol–water partition coefficient (Wildman–Crippen LogP) is 1.39. The van der Waals surface area contributed by atoms with Crippen LogP contribution in [0.3, 0.4) is 0 Å². The molecule has 0 aliphatic rings. The number of hydrogen-bond donors (Lipinski definition) is 4. The first-order valence-corrected chi connectivity index (χ1v) is 15.9. The van der Waals surface area contributed by atoms with Gasteiger partial charge in [0.25, 0.3) is 0 Å². The molecule has 0 rings (SSSR count). The molecule has 264 valence electrons. The molecule has 0 saturated carbocycles. The van der Waals surface area contributed by atoms with E-state index < -0.39 is 47.8 Å². The van der Waals surface area contributed by atoms with E-state index >= 15 is 0 Å². The molecular formula is C33H52N4O10. The summed E-state index contributed by atoms with van der Waals surface area (Å²) in [6.45, 7) is 9.80. The lowest BCUT2D eigenvalue weighted by molar-refractivity contribution is -0.127. The molecule has 0 spiro atoms. The molecule has 5 unspecified atom stereocenters. The number of Topliss-reactive ketones (excluding diaryl/α,β-unsaturated/α-hetero) is 6. The topological polar surface area (TPSA) is 219 Å². The van der Waals surface area contributed by atoms with E-state index in [1.54, 1.807) is 6.92 Å². The van der Waals surface area contributed by atoms with Crippen molar-refractivity contribution in [3.05, 3.63) is 0 Å². The van der Waals surface area contributed by atoms with Crippen LogP contribution < -0.4 is 21.3 Å². The van der Waals surface area contributed by atoms with Crippen LogP contribution >= 0.6 is 0 Å². The number of carbonyl (C=O) groups excluding carboxylic acids is 10. The number of hydrogen-bond acceptors (Lipinski definition) is 10. The highest BCUT2D eigenvalue weighted by atomic mass is 16.2. The van der Waals surface area contributed by atoms with Gasteiger partial charge in [0.2, 0.25) is 23.6 Å². The lowest BCUT2D eigenvalue weighted by Crippen LogP contribution is -2.47. The minimum absolute atomic E-state index is 0.0190. The van der Waals surface area contributed by atoms with Crippen molar-refractivity contribution >= 4 is 58.3 Å². The average molecular weight is 665 g/mol. The molecule has 47 heavy (non-hydrogen) atoms. The minimum Gasteiger partial charge on any atom is -0.353 e. The van der Waals surface area contributed by atoms with Crippen LogP contribution in [0.1, 0.15) is 119 Å². The first kappa shape index (κ1) is 42.9. The molecular weight excluding hydrogens is 612 g/mol. The monoisotopic (exact) mass is 664 g/mol. The van der Waals surface area contributed by atoms with E-state index in [1.807, 2.05) is 0 Å². The van der Waals surface area contributed by atoms with Crippen molar-refractivity contribution in [1.82, 2.24) is 21.3 Å². The highest BCUT2D eigenvalue weighted by Gasteiger charge is 2.26. The predicted molar refractivity (Wildman–Crippen MR) is 172 cm³/mol. The molecule has 14 nitrogen and oxygen atoms in total. The van der Waals surface area contributed by atoms with Crippen molar-refractivity contribution in [2.75, 3.05) is 0 Å². The van der Waals surface area contributed by atoms with Gasteiger partial charge >= 0.3 is 0 Å². The molecule has 5 atom stereocenters. The van der Waals surface area contributed by atoms with Crippen molar-refractivity contribution in [1.29, 1.82) is 0 Å². The van der Waals surface area contributed by atoms with E-state index in [2.05, 4.69) is 21.3 Å². The number of amides is 4. The molecule has 0 aliphatic heterocycles. The molecule has 0 bridgehead atoms. The molecule has 0 aromatic rings. The van der Waals surface area contributed by atoms with Crippen LogP contribution in [0.15, 0.2) is 0 Å². The highest BCUT2D eigenvalue weighted by Crippen LogP contribution is 2.11. The minimum atomic E-state index is -0.956. The zero-order chi connectivity index (χ0) is 36.3. The molecule has 0 fully saturated rings. The molecule has 4 amide bonds. The van der Waals surface area contributed by atoms with Gasteiger partial charge in [0.15, 0.2) is 0 Å². The van der Waals surface area contributed by atoms with Gasteiger partial charge in [-0.3, -0.25) is 38.4 Å². The van der Waals surface area contributed by atoms with Crippen LogP contribution in [0, 0.1) is 5.92 Å². The van der Waals surface area contributed by atoms with Gasteiger partial charge in [0, 0.05) is 88.4 Å². The van der Waals surface area contributed by atoms with Crippen LogP contribution in [0.4, 0.5) is 0 Å². The first-order chi connectivity index (χ1) is 21.7. The molecule has 0 aromatic carbocycles. The maximum Gasteiger partial charge on any atom is 0.222 e. The molecule has 14 heteroatoms. The van der Waals surface area contributed by atoms with Crippen LogP contribution in [0.25, 0.3) is 0 Å². The third kappa shape index (κ3) is 23.8. The van der Waals surface area contributed by atoms with E-state index in [0.29, 0.717) is 0 Å². The second-order valence-electron chi connectivity index (χ2n) is 12.8. The number of carbonyl (C=O) groups is 10. The van der Waals surface area contributed by atoms with Crippen molar-refractivity contribution in [2.24, 2.45) is 5.92 Å². The van der Waals surface area contributed by atoms with Crippen molar-refractivity contribution in [3.8, 4) is 0 Å². The Balaban J connectivity index is 5.49. The van der Waals surface area contributed by atoms with Gasteiger partial charge < -0.3 is 30.9 Å². The second-order valence-corrected chi connectivity index (χ2v) is 12.8. The summed E-state index contributed by atoms with van der Waals surface area (Å²) in [4.78, 5) is 121. The standard InChI is InChI=1S/C33H52N4O10/c1-19(10-21(3)39)11-30(44)35-27(13-23(5)41)17-32(46)37-29(15-25(7)43)18-33(47)36-28(14-24(6)42)16-31(45)34-26(12-22(4)40)9-8-20(2)38/h19,26-29H,8-18H2,1-7H3,(H,34,45)(H,35,44)(H,36,47)(H,37,46). The summed E-state index contributed by atoms with van der Waals surface area (Å²) in [7, 11) is 0. The fraction of sp³-hybridized carbons (Fsp3) is 0.697. The third-order valence-corrected chi connectivity index (χ3v) is 6.91. The SMILES string of the molecule is CC(=O)CCC(CC(C)=O)NC(=O)CC(CC(C)=O)NC(=O)CC(CC(C)=O)NC(=O)CC(CC(C)=O)NC(=O)CC(C)CC(C)=O. The van der Waals surface area contributed by atoms with Gasteiger partial charge in [0.1, 0.15) is 34.7 Å². The smallest absolute Gasteiger partial charge is 0.222 e. The van der Waals surface area contributed by atoms with Gasteiger partial charge in [-0.05, 0) is 53.9 Å². The fourth-order valence-electron chi connectivity index (χ4n) is 5.21. The Hall–Kier alpha value is -4.10. The van der Waals surface area contributed by atoms with E-state index in [9.17, 15) is 47.9 Å². The lowest BCUT2D eigenvalue weighted by atomic mass is 10.00. The van der Waals surface area contributed by atoms with Gasteiger partial charge in [-0.2, -0.15) is 0 Å². The fourth-order valence-corrected chi connectivity index (χ4v) is 5.21. The van der Waals surface area contributed by atoms with Gasteiger partial charge in [-0.1, -0.05) is 6.92 Å². The van der Waals surface area contributed by atoms with Gasteiger partial charge in [0.05, 0.1) is 0 Å². The summed E-state index contributed by atoms with van der Waals surface area (Å²) < 4.78 is 0. The summed E-state index contributed by atoms with van der Waals surface area (Å²) in [5, 5.41) is 10.6. The Morgan fingerprint density at radius 2 is 0.638 bits per heavy atom. The summed E-state index contributed by atoms with van der Waals surface area (Å²) in [6, 6.07) is -3.31. The summed E-state index contributed by atoms with van der Waals surface area (Å²) >= 11 is 0. The van der Waals surface area contributed by atoms with Crippen molar-refractivity contribution in [3.63, 3.8) is 0 Å². The first-order valence-electron chi connectivity index (χ1n) is 15.9. The summed E-state index contributed by atoms with van der Waals surface area (Å²) in [5.74, 6) is -3.69. The van der Waals surface area contributed by atoms with Crippen LogP contribution in [-0.4, -0.2) is 82.5 Å². The Morgan fingerprint density at radius 3 is 0.936 bits per heavy atom. The zero-order valence-corrected chi connectivity index (χ0v) is 28.7. The van der Waals surface area contributed by atoms with E-state index in [0.717, 1.165) is 0 Å². The zero-order valence-electron chi connectivity index (χ0n) is 28.7. The van der Waals surface area contributed by atoms with Crippen molar-refractivity contribution < 1.29 is 47.9 Å². The van der Waals surface area contributed by atoms with Crippen LogP contribution in [0.5, 0.6) is 0 Å². The number of ketones is 6. The molecule has 0 radical (unpaired) electrons. The van der Waals surface area contributed by atoms with Crippen LogP contribution in [0.2, 0.25) is 0 Å². The Bertz CT molecular complexity index is 1180.